The molecule has 0 aliphatic carbocycles. The number of carbonyl (C=O) groups excluding carboxylic acids is 1. The van der Waals surface area contributed by atoms with E-state index in [1.165, 1.54) is 0 Å². The summed E-state index contributed by atoms with van der Waals surface area (Å²) in [7, 11) is -0.317. The lowest BCUT2D eigenvalue weighted by Crippen LogP contribution is -2.40. The van der Waals surface area contributed by atoms with Gasteiger partial charge in [-0.05, 0) is 29.8 Å². The van der Waals surface area contributed by atoms with Gasteiger partial charge in [0.1, 0.15) is 0 Å². The van der Waals surface area contributed by atoms with Crippen LogP contribution in [0, 0.1) is 0 Å². The molecule has 4 rings (SSSR count). The van der Waals surface area contributed by atoms with E-state index >= 15 is 0 Å². The molecule has 2 aromatic carbocycles. The number of nitrogens with zero attached hydrogens (tertiary/aromatic N) is 2. The first-order valence-corrected chi connectivity index (χ1v) is 14.2. The molecule has 6 heteroatoms. The highest BCUT2D eigenvalue weighted by molar-refractivity contribution is 6.74. The van der Waals surface area contributed by atoms with Crippen LogP contribution < -0.4 is 5.56 Å². The zero-order valence-corrected chi connectivity index (χ0v) is 21.5. The van der Waals surface area contributed by atoms with E-state index in [0.29, 0.717) is 10.9 Å². The molecule has 0 radical (unpaired) electrons. The van der Waals surface area contributed by atoms with Crippen molar-refractivity contribution in [2.45, 2.75) is 52.4 Å². The summed E-state index contributed by atoms with van der Waals surface area (Å²) in [4.78, 5) is 26.8. The first-order valence-electron chi connectivity index (χ1n) is 11.3. The van der Waals surface area contributed by atoms with Crippen molar-refractivity contribution in [1.29, 1.82) is 0 Å². The van der Waals surface area contributed by atoms with Crippen molar-refractivity contribution in [3.05, 3.63) is 70.5 Å². The zero-order valence-electron chi connectivity index (χ0n) is 20.5. The molecule has 0 amide bonds. The van der Waals surface area contributed by atoms with Gasteiger partial charge < -0.3 is 8.99 Å². The summed E-state index contributed by atoms with van der Waals surface area (Å²) in [6.07, 6.45) is 0. The van der Waals surface area contributed by atoms with Crippen molar-refractivity contribution in [3.8, 4) is 11.3 Å². The third-order valence-electron chi connectivity index (χ3n) is 7.06. The predicted octanol–water partition coefficient (Wildman–Crippen LogP) is 6.34. The van der Waals surface area contributed by atoms with Gasteiger partial charge in [0.05, 0.1) is 28.7 Å². The molecule has 0 saturated heterocycles. The molecule has 0 unspecified atom stereocenters. The second-order valence-corrected chi connectivity index (χ2v) is 15.0. The van der Waals surface area contributed by atoms with Gasteiger partial charge in [0, 0.05) is 24.9 Å². The monoisotopic (exact) mass is 460 g/mol. The van der Waals surface area contributed by atoms with E-state index in [9.17, 15) is 9.59 Å². The molecule has 0 N–H and O–H groups in total. The quantitative estimate of drug-likeness (QED) is 0.334. The van der Waals surface area contributed by atoms with Gasteiger partial charge in [-0.3, -0.25) is 14.2 Å². The number of hydrogen-bond donors (Lipinski definition) is 0. The van der Waals surface area contributed by atoms with Crippen molar-refractivity contribution in [3.63, 3.8) is 0 Å². The molecule has 2 aromatic heterocycles. The summed E-state index contributed by atoms with van der Waals surface area (Å²) in [6.45, 7) is 12.8. The molecular weight excluding hydrogens is 428 g/mol. The predicted molar refractivity (Wildman–Crippen MR) is 138 cm³/mol. The summed E-state index contributed by atoms with van der Waals surface area (Å²) in [6, 6.07) is 17.6. The van der Waals surface area contributed by atoms with Gasteiger partial charge in [-0.2, -0.15) is 0 Å². The van der Waals surface area contributed by atoms with E-state index in [4.69, 9.17) is 4.43 Å². The van der Waals surface area contributed by atoms with Gasteiger partial charge in [0.15, 0.2) is 8.32 Å². The molecule has 0 aliphatic rings. The Labute approximate surface area is 195 Å². The number of para-hydroxylation sites is 1. The number of aryl methyl sites for hydroxylation is 1. The van der Waals surface area contributed by atoms with Gasteiger partial charge in [-0.1, -0.05) is 69.3 Å². The third kappa shape index (κ3) is 3.77. The fourth-order valence-corrected chi connectivity index (χ4v) is 5.11. The van der Waals surface area contributed by atoms with Crippen LogP contribution in [0.2, 0.25) is 18.1 Å². The maximum Gasteiger partial charge on any atom is 0.260 e. The first-order chi connectivity index (χ1) is 15.5. The Hall–Kier alpha value is -2.96. The molecule has 0 aliphatic heterocycles. The standard InChI is InChI=1S/C27H32N2O3Si/c1-18(30)29-24(19-13-9-8-10-14-19)21(17-32-33(6,7)27(2,3)4)23-25(29)20-15-11-12-16-22(20)28(5)26(23)31/h8-16H,17H2,1-7H3. The number of pyridine rings is 1. The smallest absolute Gasteiger partial charge is 0.260 e. The summed E-state index contributed by atoms with van der Waals surface area (Å²) >= 11 is 0. The van der Waals surface area contributed by atoms with E-state index < -0.39 is 8.32 Å². The molecule has 0 bridgehead atoms. The number of fused-ring (bicyclic) bond motifs is 3. The number of hydrogen-bond acceptors (Lipinski definition) is 3. The summed E-state index contributed by atoms with van der Waals surface area (Å²) < 4.78 is 10.00. The van der Waals surface area contributed by atoms with E-state index in [1.54, 1.807) is 23.1 Å². The normalized spacial score (nSPS) is 12.6. The van der Waals surface area contributed by atoms with Crippen LogP contribution in [-0.2, 0) is 18.1 Å². The molecule has 4 aromatic rings. The van der Waals surface area contributed by atoms with Gasteiger partial charge >= 0.3 is 0 Å². The van der Waals surface area contributed by atoms with Crippen molar-refractivity contribution in [2.75, 3.05) is 0 Å². The number of benzene rings is 2. The average Bonchev–Trinajstić information content (AvgIpc) is 3.11. The van der Waals surface area contributed by atoms with Gasteiger partial charge in [0.25, 0.3) is 5.56 Å². The lowest BCUT2D eigenvalue weighted by Gasteiger charge is -2.36. The van der Waals surface area contributed by atoms with Crippen LogP contribution in [-0.4, -0.2) is 23.4 Å². The van der Waals surface area contributed by atoms with Crippen LogP contribution >= 0.6 is 0 Å². The lowest BCUT2D eigenvalue weighted by atomic mass is 10.1. The SMILES string of the molecule is CC(=O)n1c(-c2ccccc2)c(CO[Si](C)(C)C(C)(C)C)c2c(=O)n(C)c3ccccc3c21. The second-order valence-electron chi connectivity index (χ2n) is 10.2. The average molecular weight is 461 g/mol. The molecule has 0 atom stereocenters. The summed E-state index contributed by atoms with van der Waals surface area (Å²) in [5.41, 5.74) is 3.76. The maximum atomic E-state index is 13.7. The Morgan fingerprint density at radius 3 is 2.21 bits per heavy atom. The largest absolute Gasteiger partial charge is 0.412 e. The summed E-state index contributed by atoms with van der Waals surface area (Å²) in [5.74, 6) is -0.129. The molecule has 172 valence electrons. The number of carbonyl (C=O) groups is 1. The Balaban J connectivity index is 2.15. The van der Waals surface area contributed by atoms with Crippen LogP contribution in [0.4, 0.5) is 0 Å². The summed E-state index contributed by atoms with van der Waals surface area (Å²) in [5, 5.41) is 1.46. The molecule has 0 fully saturated rings. The number of rotatable bonds is 4. The van der Waals surface area contributed by atoms with Gasteiger partial charge in [0.2, 0.25) is 5.91 Å². The Kier molecular flexibility index (Phi) is 5.71. The Morgan fingerprint density at radius 1 is 1.00 bits per heavy atom. The van der Waals surface area contributed by atoms with E-state index in [2.05, 4.69) is 33.9 Å². The highest BCUT2D eigenvalue weighted by Gasteiger charge is 2.38. The van der Waals surface area contributed by atoms with Crippen molar-refractivity contribution in [1.82, 2.24) is 9.13 Å². The highest BCUT2D eigenvalue weighted by Crippen LogP contribution is 2.40. The van der Waals surface area contributed by atoms with Crippen LogP contribution in [0.1, 0.15) is 38.1 Å². The molecule has 0 spiro atoms. The number of aromatic nitrogens is 2. The molecule has 2 heterocycles. The van der Waals surface area contributed by atoms with Crippen molar-refractivity contribution in [2.24, 2.45) is 7.05 Å². The fraction of sp³-hybridized carbons (Fsp3) is 0.333. The van der Waals surface area contributed by atoms with Crippen LogP contribution in [0.5, 0.6) is 0 Å². The maximum absolute atomic E-state index is 13.7. The third-order valence-corrected chi connectivity index (χ3v) is 11.5. The van der Waals surface area contributed by atoms with Gasteiger partial charge in [-0.25, -0.2) is 0 Å². The van der Waals surface area contributed by atoms with Crippen LogP contribution in [0.15, 0.2) is 59.4 Å². The topological polar surface area (TPSA) is 53.2 Å². The first kappa shape index (κ1) is 23.2. The van der Waals surface area contributed by atoms with E-state index in [0.717, 1.165) is 27.7 Å². The second kappa shape index (κ2) is 8.11. The van der Waals surface area contributed by atoms with Crippen molar-refractivity contribution < 1.29 is 9.22 Å². The molecule has 0 saturated carbocycles. The van der Waals surface area contributed by atoms with Gasteiger partial charge in [-0.15, -0.1) is 0 Å². The minimum atomic E-state index is -2.10. The minimum Gasteiger partial charge on any atom is -0.412 e. The molecule has 5 nitrogen and oxygen atoms in total. The van der Waals surface area contributed by atoms with Crippen molar-refractivity contribution >= 4 is 36.0 Å². The Bertz CT molecular complexity index is 1420. The lowest BCUT2D eigenvalue weighted by molar-refractivity contribution is 0.0943. The van der Waals surface area contributed by atoms with E-state index in [1.807, 2.05) is 54.6 Å². The molecular formula is C27H32N2O3Si. The highest BCUT2D eigenvalue weighted by atomic mass is 28.4. The fourth-order valence-electron chi connectivity index (χ4n) is 4.17. The zero-order chi connectivity index (χ0) is 24.1. The minimum absolute atomic E-state index is 0.0243. The van der Waals surface area contributed by atoms with E-state index in [-0.39, 0.29) is 23.1 Å². The Morgan fingerprint density at radius 2 is 1.61 bits per heavy atom. The van der Waals surface area contributed by atoms with Crippen LogP contribution in [0.3, 0.4) is 0 Å². The van der Waals surface area contributed by atoms with Crippen LogP contribution in [0.25, 0.3) is 33.1 Å². The molecule has 33 heavy (non-hydrogen) atoms.